The molecule has 6 aliphatic rings. The molecule has 4 aliphatic carbocycles. The fourth-order valence-corrected chi connectivity index (χ4v) is 12.7. The van der Waals surface area contributed by atoms with E-state index in [2.05, 4.69) is 41.5 Å². The quantitative estimate of drug-likeness (QED) is 0.219. The molecule has 0 aromatic carbocycles. The summed E-state index contributed by atoms with van der Waals surface area (Å²) in [5, 5.41) is 76.4. The van der Waals surface area contributed by atoms with Crippen LogP contribution in [0.5, 0.6) is 0 Å². The van der Waals surface area contributed by atoms with Gasteiger partial charge < -0.3 is 50.0 Å². The lowest BCUT2D eigenvalue weighted by Gasteiger charge is -2.72. The molecule has 2 aliphatic heterocycles. The largest absolute Gasteiger partial charge is 0.394 e. The Kier molecular flexibility index (Phi) is 8.71. The Morgan fingerprint density at radius 1 is 0.826 bits per heavy atom. The molecule has 0 spiro atoms. The van der Waals surface area contributed by atoms with Crippen molar-refractivity contribution in [1.29, 1.82) is 0 Å². The summed E-state index contributed by atoms with van der Waals surface area (Å²) in [5.41, 5.74) is -2.83. The Bertz CT molecular complexity index is 1140. The summed E-state index contributed by atoms with van der Waals surface area (Å²) in [6.07, 6.45) is -2.57. The van der Waals surface area contributed by atoms with Crippen LogP contribution in [-0.4, -0.2) is 109 Å². The third-order valence-electron chi connectivity index (χ3n) is 15.3. The van der Waals surface area contributed by atoms with Gasteiger partial charge in [0.2, 0.25) is 0 Å². The van der Waals surface area contributed by atoms with Crippen LogP contribution in [0, 0.1) is 45.3 Å². The average Bonchev–Trinajstić information content (AvgIpc) is 3.55. The molecule has 4 saturated carbocycles. The zero-order chi connectivity index (χ0) is 34.0. The van der Waals surface area contributed by atoms with Crippen LogP contribution in [0.3, 0.4) is 0 Å². The highest BCUT2D eigenvalue weighted by atomic mass is 16.7. The Labute approximate surface area is 274 Å². The molecule has 0 radical (unpaired) electrons. The van der Waals surface area contributed by atoms with Gasteiger partial charge in [-0.3, -0.25) is 0 Å². The van der Waals surface area contributed by atoms with E-state index in [1.807, 2.05) is 0 Å². The molecule has 0 aromatic rings. The number of hydrogen-bond acceptors (Lipinski definition) is 10. The van der Waals surface area contributed by atoms with Gasteiger partial charge in [-0.25, -0.2) is 0 Å². The summed E-state index contributed by atoms with van der Waals surface area (Å²) in [6.45, 7) is 16.4. The van der Waals surface area contributed by atoms with E-state index in [-0.39, 0.29) is 46.0 Å². The van der Waals surface area contributed by atoms with Gasteiger partial charge in [0.1, 0.15) is 24.4 Å². The second-order valence-corrected chi connectivity index (χ2v) is 18.4. The molecule has 6 rings (SSSR count). The smallest absolute Gasteiger partial charge is 0.186 e. The molecule has 10 heteroatoms. The summed E-state index contributed by atoms with van der Waals surface area (Å²) in [7, 11) is 0. The van der Waals surface area contributed by atoms with Gasteiger partial charge in [-0.05, 0) is 117 Å². The highest BCUT2D eigenvalue weighted by Crippen LogP contribution is 2.76. The Balaban J connectivity index is 1.38. The molecular formula is C36H62O10. The molecule has 17 atom stereocenters. The second-order valence-electron chi connectivity index (χ2n) is 18.4. The Morgan fingerprint density at radius 3 is 2.11 bits per heavy atom. The number of hydrogen-bond donors (Lipinski definition) is 7. The van der Waals surface area contributed by atoms with Gasteiger partial charge in [0.05, 0.1) is 42.2 Å². The molecule has 6 fully saturated rings. The zero-order valence-electron chi connectivity index (χ0n) is 29.2. The number of aliphatic hydroxyl groups excluding tert-OH is 6. The van der Waals surface area contributed by atoms with Crippen LogP contribution in [-0.2, 0) is 14.2 Å². The van der Waals surface area contributed by atoms with E-state index in [9.17, 15) is 35.7 Å². The highest BCUT2D eigenvalue weighted by Gasteiger charge is 2.74. The van der Waals surface area contributed by atoms with E-state index in [4.69, 9.17) is 14.2 Å². The molecule has 2 saturated heterocycles. The van der Waals surface area contributed by atoms with Crippen LogP contribution < -0.4 is 0 Å². The molecule has 0 bridgehead atoms. The Hall–Kier alpha value is -0.400. The van der Waals surface area contributed by atoms with Crippen molar-refractivity contribution in [3.63, 3.8) is 0 Å². The lowest BCUT2D eigenvalue weighted by Crippen LogP contribution is -2.71. The van der Waals surface area contributed by atoms with Crippen molar-refractivity contribution in [1.82, 2.24) is 0 Å². The van der Waals surface area contributed by atoms with Crippen molar-refractivity contribution in [3.05, 3.63) is 0 Å². The van der Waals surface area contributed by atoms with Crippen molar-refractivity contribution < 1.29 is 50.0 Å². The third-order valence-corrected chi connectivity index (χ3v) is 15.3. The number of rotatable bonds is 5. The van der Waals surface area contributed by atoms with Gasteiger partial charge in [0.25, 0.3) is 0 Å². The van der Waals surface area contributed by atoms with Gasteiger partial charge in [0, 0.05) is 0 Å². The minimum absolute atomic E-state index is 0.0189. The third kappa shape index (κ3) is 4.94. The summed E-state index contributed by atoms with van der Waals surface area (Å²) >= 11 is 0. The van der Waals surface area contributed by atoms with Crippen molar-refractivity contribution in [2.24, 2.45) is 45.3 Å². The fraction of sp³-hybridized carbons (Fsp3) is 1.00. The number of fused-ring (bicyclic) bond motifs is 5. The van der Waals surface area contributed by atoms with Gasteiger partial charge in [-0.2, -0.15) is 0 Å². The number of ether oxygens (including phenoxy) is 3. The topological polar surface area (TPSA) is 169 Å². The first kappa shape index (κ1) is 35.4. The Morgan fingerprint density at radius 2 is 1.50 bits per heavy atom. The molecule has 46 heavy (non-hydrogen) atoms. The van der Waals surface area contributed by atoms with E-state index in [0.29, 0.717) is 19.3 Å². The minimum Gasteiger partial charge on any atom is -0.394 e. The average molecular weight is 655 g/mol. The fourth-order valence-electron chi connectivity index (χ4n) is 12.7. The lowest BCUT2D eigenvalue weighted by molar-refractivity contribution is -0.347. The SMILES string of the molecule is CC(C)(O)[C@H]1CC[C@@](C)([C@H]2CC[C@]3(C)C2[C@H](O)C[C@@H]2[C@@]4(C)CC[C@H](O)C(C)(C)[C@@H]4[C@@H](O[C@@H]4O[C@H](CO)[C@@H](O)[C@H](O)[C@H]4O)C[C@]23C)O1. The van der Waals surface area contributed by atoms with Crippen LogP contribution in [0.15, 0.2) is 0 Å². The molecule has 0 amide bonds. The summed E-state index contributed by atoms with van der Waals surface area (Å²) in [6, 6.07) is 0. The summed E-state index contributed by atoms with van der Waals surface area (Å²) in [5.74, 6) is 0.0944. The van der Waals surface area contributed by atoms with Crippen molar-refractivity contribution in [2.45, 2.75) is 173 Å². The van der Waals surface area contributed by atoms with E-state index in [0.717, 1.165) is 32.1 Å². The maximum atomic E-state index is 12.2. The van der Waals surface area contributed by atoms with E-state index < -0.39 is 72.2 Å². The van der Waals surface area contributed by atoms with E-state index in [1.54, 1.807) is 13.8 Å². The summed E-state index contributed by atoms with van der Waals surface area (Å²) in [4.78, 5) is 0. The zero-order valence-corrected chi connectivity index (χ0v) is 29.2. The second kappa shape index (κ2) is 11.3. The van der Waals surface area contributed by atoms with Crippen molar-refractivity contribution >= 4 is 0 Å². The predicted octanol–water partition coefficient (Wildman–Crippen LogP) is 2.51. The molecule has 2 heterocycles. The van der Waals surface area contributed by atoms with Gasteiger partial charge in [0.15, 0.2) is 6.29 Å². The monoisotopic (exact) mass is 654 g/mol. The molecule has 1 unspecified atom stereocenters. The van der Waals surface area contributed by atoms with Crippen LogP contribution in [0.4, 0.5) is 0 Å². The number of aliphatic hydroxyl groups is 7. The van der Waals surface area contributed by atoms with Crippen LogP contribution in [0.2, 0.25) is 0 Å². The maximum Gasteiger partial charge on any atom is 0.186 e. The molecule has 10 nitrogen and oxygen atoms in total. The minimum atomic E-state index is -1.54. The summed E-state index contributed by atoms with van der Waals surface area (Å²) < 4.78 is 19.4. The lowest BCUT2D eigenvalue weighted by atomic mass is 9.34. The van der Waals surface area contributed by atoms with E-state index in [1.165, 1.54) is 0 Å². The van der Waals surface area contributed by atoms with Crippen molar-refractivity contribution in [3.8, 4) is 0 Å². The molecular weight excluding hydrogens is 592 g/mol. The standard InChI is InChI=1S/C36H62O10/c1-31(2)23(39)10-12-33(5)22-15-19(38)25-18(36(8)14-11-24(46-36)32(3,4)43)9-13-34(25,6)35(22,7)16-20(29(31)33)44-30-28(42)27(41)26(40)21(17-37)45-30/h18-30,37-43H,9-17H2,1-8H3/t18-,19+,20-,21+,22+,23-,24+,25?,26+,27-,28+,29-,30+,33+,34+,35+,36-/m0/s1. The van der Waals surface area contributed by atoms with Crippen LogP contribution in [0.25, 0.3) is 0 Å². The molecule has 7 N–H and O–H groups in total. The first-order valence-electron chi connectivity index (χ1n) is 17.9. The van der Waals surface area contributed by atoms with Crippen molar-refractivity contribution in [2.75, 3.05) is 6.61 Å². The van der Waals surface area contributed by atoms with Gasteiger partial charge >= 0.3 is 0 Å². The van der Waals surface area contributed by atoms with E-state index >= 15 is 0 Å². The normalized spacial score (nSPS) is 57.1. The first-order chi connectivity index (χ1) is 21.2. The predicted molar refractivity (Wildman–Crippen MR) is 169 cm³/mol. The maximum absolute atomic E-state index is 12.2. The molecule has 0 aromatic heterocycles. The van der Waals surface area contributed by atoms with Crippen LogP contribution >= 0.6 is 0 Å². The van der Waals surface area contributed by atoms with Gasteiger partial charge in [-0.1, -0.05) is 34.6 Å². The highest BCUT2D eigenvalue weighted by molar-refractivity contribution is 5.22. The molecule has 266 valence electrons. The van der Waals surface area contributed by atoms with Gasteiger partial charge in [-0.15, -0.1) is 0 Å². The first-order valence-corrected chi connectivity index (χ1v) is 17.9. The van der Waals surface area contributed by atoms with Crippen LogP contribution in [0.1, 0.15) is 107 Å².